The maximum atomic E-state index is 11.3. The molecule has 1 fully saturated rings. The van der Waals surface area contributed by atoms with Gasteiger partial charge in [0.15, 0.2) is 0 Å². The van der Waals surface area contributed by atoms with Crippen molar-refractivity contribution in [1.82, 2.24) is 10.3 Å². The zero-order valence-electron chi connectivity index (χ0n) is 8.59. The van der Waals surface area contributed by atoms with Crippen LogP contribution in [0.1, 0.15) is 5.56 Å². The van der Waals surface area contributed by atoms with Crippen LogP contribution in [0.15, 0.2) is 35.4 Å². The third kappa shape index (κ3) is 2.25. The minimum atomic E-state index is -0.613. The molecule has 0 atom stereocenters. The fourth-order valence-corrected chi connectivity index (χ4v) is 1.36. The fraction of sp³-hybridized carbons (Fsp3) is 0.182. The van der Waals surface area contributed by atoms with Gasteiger partial charge in [0.2, 0.25) is 0 Å². The van der Waals surface area contributed by atoms with Crippen LogP contribution in [0.2, 0.25) is 0 Å². The van der Waals surface area contributed by atoms with Crippen molar-refractivity contribution < 1.29 is 9.59 Å². The molecule has 5 heteroatoms. The number of hydrogen-bond donors (Lipinski definition) is 1. The van der Waals surface area contributed by atoms with Crippen molar-refractivity contribution >= 4 is 18.0 Å². The van der Waals surface area contributed by atoms with Crippen LogP contribution in [-0.4, -0.2) is 36.1 Å². The summed E-state index contributed by atoms with van der Waals surface area (Å²) in [6, 6.07) is 9.41. The summed E-state index contributed by atoms with van der Waals surface area (Å²) in [4.78, 5) is 22.4. The molecule has 0 radical (unpaired) electrons. The molecule has 82 valence electrons. The first-order valence-electron chi connectivity index (χ1n) is 4.96. The van der Waals surface area contributed by atoms with Gasteiger partial charge >= 0.3 is 11.8 Å². The number of hydrazone groups is 1. The van der Waals surface area contributed by atoms with Gasteiger partial charge in [-0.15, -0.1) is 0 Å². The number of piperazine rings is 1. The van der Waals surface area contributed by atoms with E-state index in [2.05, 4.69) is 10.4 Å². The summed E-state index contributed by atoms with van der Waals surface area (Å²) >= 11 is 0. The molecule has 1 aromatic rings. The number of benzene rings is 1. The SMILES string of the molecule is O=C1NCCN(N=Cc2ccccc2)C1=O. The Hall–Kier alpha value is -2.17. The van der Waals surface area contributed by atoms with Crippen LogP contribution < -0.4 is 5.32 Å². The topological polar surface area (TPSA) is 61.8 Å². The van der Waals surface area contributed by atoms with Gasteiger partial charge in [0, 0.05) is 6.54 Å². The molecule has 16 heavy (non-hydrogen) atoms. The van der Waals surface area contributed by atoms with Crippen LogP contribution in [0.4, 0.5) is 0 Å². The van der Waals surface area contributed by atoms with E-state index in [9.17, 15) is 9.59 Å². The van der Waals surface area contributed by atoms with Crippen molar-refractivity contribution in [2.24, 2.45) is 5.10 Å². The summed E-state index contributed by atoms with van der Waals surface area (Å²) in [6.45, 7) is 0.852. The van der Waals surface area contributed by atoms with Crippen molar-refractivity contribution in [3.05, 3.63) is 35.9 Å². The van der Waals surface area contributed by atoms with Crippen LogP contribution >= 0.6 is 0 Å². The van der Waals surface area contributed by atoms with Gasteiger partial charge < -0.3 is 5.32 Å². The summed E-state index contributed by atoms with van der Waals surface area (Å²) in [6.07, 6.45) is 1.57. The lowest BCUT2D eigenvalue weighted by molar-refractivity contribution is -0.148. The monoisotopic (exact) mass is 217 g/mol. The second-order valence-electron chi connectivity index (χ2n) is 3.34. The highest BCUT2D eigenvalue weighted by atomic mass is 16.2. The Balaban J connectivity index is 2.07. The number of carbonyl (C=O) groups is 2. The first-order valence-corrected chi connectivity index (χ1v) is 4.96. The van der Waals surface area contributed by atoms with Gasteiger partial charge in [-0.25, -0.2) is 5.01 Å². The second-order valence-corrected chi connectivity index (χ2v) is 3.34. The molecular formula is C11H11N3O2. The van der Waals surface area contributed by atoms with Crippen LogP contribution in [0.5, 0.6) is 0 Å². The van der Waals surface area contributed by atoms with Crippen LogP contribution in [0, 0.1) is 0 Å². The normalized spacial score (nSPS) is 16.6. The lowest BCUT2D eigenvalue weighted by atomic mass is 10.2. The predicted octanol–water partition coefficient (Wildman–Crippen LogP) is -0.0211. The standard InChI is InChI=1S/C11H11N3O2/c15-10-11(16)14(7-6-12-10)13-8-9-4-2-1-3-5-9/h1-5,8H,6-7H2,(H,12,15). The van der Waals surface area contributed by atoms with Crippen molar-refractivity contribution in [3.63, 3.8) is 0 Å². The number of rotatable bonds is 2. The van der Waals surface area contributed by atoms with Gasteiger partial charge in [-0.3, -0.25) is 9.59 Å². The molecule has 1 heterocycles. The second kappa shape index (κ2) is 4.57. The zero-order valence-corrected chi connectivity index (χ0v) is 8.59. The summed E-state index contributed by atoms with van der Waals surface area (Å²) in [5, 5.41) is 7.61. The maximum Gasteiger partial charge on any atom is 0.331 e. The quantitative estimate of drug-likeness (QED) is 0.559. The van der Waals surface area contributed by atoms with E-state index >= 15 is 0 Å². The van der Waals surface area contributed by atoms with Gasteiger partial charge in [0.25, 0.3) is 0 Å². The van der Waals surface area contributed by atoms with E-state index in [4.69, 9.17) is 0 Å². The van der Waals surface area contributed by atoms with E-state index in [1.54, 1.807) is 6.21 Å². The molecule has 1 saturated heterocycles. The molecule has 0 unspecified atom stereocenters. The molecule has 1 aliphatic heterocycles. The first-order chi connectivity index (χ1) is 7.77. The predicted molar refractivity (Wildman–Crippen MR) is 58.8 cm³/mol. The molecular weight excluding hydrogens is 206 g/mol. The van der Waals surface area contributed by atoms with Gasteiger partial charge in [-0.2, -0.15) is 5.10 Å². The highest BCUT2D eigenvalue weighted by Gasteiger charge is 2.25. The molecule has 2 rings (SSSR count). The van der Waals surface area contributed by atoms with Crippen LogP contribution in [0.25, 0.3) is 0 Å². The Bertz CT molecular complexity index is 428. The summed E-state index contributed by atoms with van der Waals surface area (Å²) in [7, 11) is 0. The third-order valence-electron chi connectivity index (χ3n) is 2.18. The highest BCUT2D eigenvalue weighted by molar-refractivity contribution is 6.35. The Kier molecular flexibility index (Phi) is 2.95. The average Bonchev–Trinajstić information content (AvgIpc) is 2.32. The van der Waals surface area contributed by atoms with E-state index in [-0.39, 0.29) is 0 Å². The number of nitrogens with one attached hydrogen (secondary N) is 1. The molecule has 2 amide bonds. The van der Waals surface area contributed by atoms with E-state index in [0.717, 1.165) is 5.56 Å². The largest absolute Gasteiger partial charge is 0.346 e. The average molecular weight is 217 g/mol. The summed E-state index contributed by atoms with van der Waals surface area (Å²) < 4.78 is 0. The molecule has 1 N–H and O–H groups in total. The van der Waals surface area contributed by atoms with Gasteiger partial charge in [0.05, 0.1) is 12.8 Å². The Morgan fingerprint density at radius 2 is 2.00 bits per heavy atom. The molecule has 0 bridgehead atoms. The Morgan fingerprint density at radius 3 is 2.75 bits per heavy atom. The minimum Gasteiger partial charge on any atom is -0.346 e. The van der Waals surface area contributed by atoms with Crippen molar-refractivity contribution in [2.45, 2.75) is 0 Å². The van der Waals surface area contributed by atoms with Crippen molar-refractivity contribution in [1.29, 1.82) is 0 Å². The highest BCUT2D eigenvalue weighted by Crippen LogP contribution is 1.99. The zero-order chi connectivity index (χ0) is 11.4. The first kappa shape index (κ1) is 10.4. The molecule has 0 spiro atoms. The number of nitrogens with zero attached hydrogens (tertiary/aromatic N) is 2. The molecule has 5 nitrogen and oxygen atoms in total. The number of amides is 2. The number of carbonyl (C=O) groups excluding carboxylic acids is 2. The lowest BCUT2D eigenvalue weighted by Crippen LogP contribution is -2.49. The summed E-state index contributed by atoms with van der Waals surface area (Å²) in [5.74, 6) is -1.21. The van der Waals surface area contributed by atoms with Crippen molar-refractivity contribution in [3.8, 4) is 0 Å². The van der Waals surface area contributed by atoms with Gasteiger partial charge in [0.1, 0.15) is 0 Å². The van der Waals surface area contributed by atoms with Gasteiger partial charge in [-0.1, -0.05) is 30.3 Å². The van der Waals surface area contributed by atoms with E-state index < -0.39 is 11.8 Å². The molecule has 0 saturated carbocycles. The minimum absolute atomic E-state index is 0.411. The molecule has 1 aromatic carbocycles. The smallest absolute Gasteiger partial charge is 0.331 e. The van der Waals surface area contributed by atoms with Gasteiger partial charge in [-0.05, 0) is 5.56 Å². The molecule has 0 aliphatic carbocycles. The maximum absolute atomic E-state index is 11.3. The fourth-order valence-electron chi connectivity index (χ4n) is 1.36. The molecule has 1 aliphatic rings. The molecule has 0 aromatic heterocycles. The van der Waals surface area contributed by atoms with E-state index in [0.29, 0.717) is 13.1 Å². The third-order valence-corrected chi connectivity index (χ3v) is 2.18. The van der Waals surface area contributed by atoms with Crippen LogP contribution in [0.3, 0.4) is 0 Å². The Labute approximate surface area is 92.7 Å². The number of hydrogen-bond acceptors (Lipinski definition) is 3. The van der Waals surface area contributed by atoms with E-state index in [1.807, 2.05) is 30.3 Å². The van der Waals surface area contributed by atoms with E-state index in [1.165, 1.54) is 5.01 Å². The van der Waals surface area contributed by atoms with Crippen molar-refractivity contribution in [2.75, 3.05) is 13.1 Å². The van der Waals surface area contributed by atoms with Crippen LogP contribution in [-0.2, 0) is 9.59 Å². The summed E-state index contributed by atoms with van der Waals surface area (Å²) in [5.41, 5.74) is 0.890. The lowest BCUT2D eigenvalue weighted by Gasteiger charge is -2.21. The Morgan fingerprint density at radius 1 is 1.25 bits per heavy atom.